The SMILES string of the molecule is CC(C)CNc1ccc2ccccc2n1. The number of hydrogen-bond donors (Lipinski definition) is 1. The van der Waals surface area contributed by atoms with Crippen molar-refractivity contribution in [2.45, 2.75) is 13.8 Å². The van der Waals surface area contributed by atoms with Crippen molar-refractivity contribution in [3.8, 4) is 0 Å². The molecule has 15 heavy (non-hydrogen) atoms. The van der Waals surface area contributed by atoms with Crippen molar-refractivity contribution in [1.82, 2.24) is 4.98 Å². The molecule has 0 spiro atoms. The molecule has 2 aromatic rings. The van der Waals surface area contributed by atoms with Crippen LogP contribution in [0.5, 0.6) is 0 Å². The smallest absolute Gasteiger partial charge is 0.126 e. The molecule has 0 unspecified atom stereocenters. The summed E-state index contributed by atoms with van der Waals surface area (Å²) in [6, 6.07) is 12.3. The van der Waals surface area contributed by atoms with Crippen LogP contribution < -0.4 is 5.32 Å². The van der Waals surface area contributed by atoms with Gasteiger partial charge in [0.1, 0.15) is 5.82 Å². The summed E-state index contributed by atoms with van der Waals surface area (Å²) in [5, 5.41) is 4.51. The fraction of sp³-hybridized carbons (Fsp3) is 0.308. The van der Waals surface area contributed by atoms with Crippen LogP contribution in [-0.4, -0.2) is 11.5 Å². The molecule has 0 aliphatic carbocycles. The van der Waals surface area contributed by atoms with Crippen molar-refractivity contribution in [2.75, 3.05) is 11.9 Å². The first-order valence-electron chi connectivity index (χ1n) is 5.35. The first kappa shape index (κ1) is 9.97. The van der Waals surface area contributed by atoms with Crippen molar-refractivity contribution < 1.29 is 0 Å². The van der Waals surface area contributed by atoms with Gasteiger partial charge in [0.15, 0.2) is 0 Å². The van der Waals surface area contributed by atoms with Crippen LogP contribution in [0.4, 0.5) is 5.82 Å². The van der Waals surface area contributed by atoms with Gasteiger partial charge in [0.25, 0.3) is 0 Å². The van der Waals surface area contributed by atoms with Gasteiger partial charge in [0.2, 0.25) is 0 Å². The van der Waals surface area contributed by atoms with E-state index in [9.17, 15) is 0 Å². The van der Waals surface area contributed by atoms with Crippen molar-refractivity contribution in [3.05, 3.63) is 36.4 Å². The molecule has 0 bridgehead atoms. The zero-order valence-electron chi connectivity index (χ0n) is 9.20. The lowest BCUT2D eigenvalue weighted by atomic mass is 10.2. The number of hydrogen-bond acceptors (Lipinski definition) is 2. The molecule has 0 fully saturated rings. The van der Waals surface area contributed by atoms with E-state index in [1.807, 2.05) is 24.3 Å². The number of benzene rings is 1. The van der Waals surface area contributed by atoms with Gasteiger partial charge in [-0.3, -0.25) is 0 Å². The highest BCUT2D eigenvalue weighted by atomic mass is 15.0. The number of fused-ring (bicyclic) bond motifs is 1. The Bertz CT molecular complexity index is 449. The van der Waals surface area contributed by atoms with Crippen LogP contribution >= 0.6 is 0 Å². The summed E-state index contributed by atoms with van der Waals surface area (Å²) in [6.07, 6.45) is 0. The molecule has 0 aliphatic rings. The minimum absolute atomic E-state index is 0.637. The number of nitrogens with zero attached hydrogens (tertiary/aromatic N) is 1. The Balaban J connectivity index is 2.23. The summed E-state index contributed by atoms with van der Waals surface area (Å²) < 4.78 is 0. The molecular formula is C13H16N2. The van der Waals surface area contributed by atoms with E-state index in [4.69, 9.17) is 0 Å². The normalized spacial score (nSPS) is 10.9. The van der Waals surface area contributed by atoms with Gasteiger partial charge >= 0.3 is 0 Å². The third-order valence-electron chi connectivity index (χ3n) is 2.29. The van der Waals surface area contributed by atoms with Crippen molar-refractivity contribution in [2.24, 2.45) is 5.92 Å². The average molecular weight is 200 g/mol. The van der Waals surface area contributed by atoms with Crippen LogP contribution in [0.15, 0.2) is 36.4 Å². The lowest BCUT2D eigenvalue weighted by molar-refractivity contribution is 0.687. The van der Waals surface area contributed by atoms with E-state index in [1.165, 1.54) is 5.39 Å². The molecule has 2 heteroatoms. The van der Waals surface area contributed by atoms with Crippen molar-refractivity contribution in [1.29, 1.82) is 0 Å². The molecule has 0 saturated heterocycles. The maximum absolute atomic E-state index is 4.54. The highest BCUT2D eigenvalue weighted by Crippen LogP contribution is 2.14. The van der Waals surface area contributed by atoms with Crippen LogP contribution in [0, 0.1) is 5.92 Å². The first-order chi connectivity index (χ1) is 7.25. The lowest BCUT2D eigenvalue weighted by Crippen LogP contribution is -2.08. The summed E-state index contributed by atoms with van der Waals surface area (Å²) >= 11 is 0. The Morgan fingerprint density at radius 2 is 1.93 bits per heavy atom. The van der Waals surface area contributed by atoms with E-state index in [2.05, 4.69) is 36.3 Å². The van der Waals surface area contributed by atoms with Gasteiger partial charge in [-0.2, -0.15) is 0 Å². The fourth-order valence-electron chi connectivity index (χ4n) is 1.47. The number of pyridine rings is 1. The monoisotopic (exact) mass is 200 g/mol. The highest BCUT2D eigenvalue weighted by Gasteiger charge is 1.98. The zero-order valence-corrected chi connectivity index (χ0v) is 9.20. The Kier molecular flexibility index (Phi) is 2.86. The number of nitrogens with one attached hydrogen (secondary N) is 1. The van der Waals surface area contributed by atoms with E-state index in [0.717, 1.165) is 17.9 Å². The third-order valence-corrected chi connectivity index (χ3v) is 2.29. The van der Waals surface area contributed by atoms with Crippen LogP contribution in [0.2, 0.25) is 0 Å². The second-order valence-electron chi connectivity index (χ2n) is 4.16. The second-order valence-corrected chi connectivity index (χ2v) is 4.16. The molecule has 78 valence electrons. The molecule has 0 aliphatic heterocycles. The summed E-state index contributed by atoms with van der Waals surface area (Å²) in [7, 11) is 0. The lowest BCUT2D eigenvalue weighted by Gasteiger charge is -2.08. The summed E-state index contributed by atoms with van der Waals surface area (Å²) in [4.78, 5) is 4.54. The Morgan fingerprint density at radius 1 is 1.13 bits per heavy atom. The Morgan fingerprint density at radius 3 is 2.73 bits per heavy atom. The van der Waals surface area contributed by atoms with Crippen LogP contribution in [-0.2, 0) is 0 Å². The van der Waals surface area contributed by atoms with Gasteiger partial charge in [-0.15, -0.1) is 0 Å². The largest absolute Gasteiger partial charge is 0.370 e. The summed E-state index contributed by atoms with van der Waals surface area (Å²) in [6.45, 7) is 5.34. The van der Waals surface area contributed by atoms with Crippen LogP contribution in [0.25, 0.3) is 10.9 Å². The van der Waals surface area contributed by atoms with Crippen LogP contribution in [0.3, 0.4) is 0 Å². The minimum Gasteiger partial charge on any atom is -0.370 e. The van der Waals surface area contributed by atoms with Gasteiger partial charge < -0.3 is 5.32 Å². The molecule has 0 amide bonds. The standard InChI is InChI=1S/C13H16N2/c1-10(2)9-14-13-8-7-11-5-3-4-6-12(11)15-13/h3-8,10H,9H2,1-2H3,(H,14,15). The molecule has 2 rings (SSSR count). The predicted octanol–water partition coefficient (Wildman–Crippen LogP) is 3.30. The zero-order chi connectivity index (χ0) is 10.7. The third kappa shape index (κ3) is 2.46. The van der Waals surface area contributed by atoms with Gasteiger partial charge in [0.05, 0.1) is 5.52 Å². The molecule has 1 aromatic carbocycles. The van der Waals surface area contributed by atoms with E-state index < -0.39 is 0 Å². The van der Waals surface area contributed by atoms with Gasteiger partial charge in [-0.25, -0.2) is 4.98 Å². The van der Waals surface area contributed by atoms with Crippen molar-refractivity contribution in [3.63, 3.8) is 0 Å². The average Bonchev–Trinajstić information content (AvgIpc) is 2.26. The predicted molar refractivity (Wildman–Crippen MR) is 65.1 cm³/mol. The summed E-state index contributed by atoms with van der Waals surface area (Å²) in [5.74, 6) is 1.60. The van der Waals surface area contributed by atoms with Gasteiger partial charge in [-0.1, -0.05) is 32.0 Å². The number of anilines is 1. The van der Waals surface area contributed by atoms with Crippen molar-refractivity contribution >= 4 is 16.7 Å². The first-order valence-corrected chi connectivity index (χ1v) is 5.35. The van der Waals surface area contributed by atoms with E-state index in [1.54, 1.807) is 0 Å². The Hall–Kier alpha value is -1.57. The van der Waals surface area contributed by atoms with Gasteiger partial charge in [0, 0.05) is 11.9 Å². The molecule has 0 saturated carbocycles. The minimum atomic E-state index is 0.637. The number of rotatable bonds is 3. The molecule has 1 N–H and O–H groups in total. The quantitative estimate of drug-likeness (QED) is 0.822. The van der Waals surface area contributed by atoms with Gasteiger partial charge in [-0.05, 0) is 24.1 Å². The van der Waals surface area contributed by atoms with E-state index >= 15 is 0 Å². The maximum Gasteiger partial charge on any atom is 0.126 e. The molecule has 0 radical (unpaired) electrons. The molecule has 1 heterocycles. The summed E-state index contributed by atoms with van der Waals surface area (Å²) in [5.41, 5.74) is 1.05. The number of aromatic nitrogens is 1. The van der Waals surface area contributed by atoms with Crippen LogP contribution in [0.1, 0.15) is 13.8 Å². The maximum atomic E-state index is 4.54. The number of para-hydroxylation sites is 1. The molecule has 1 aromatic heterocycles. The molecule has 0 atom stereocenters. The van der Waals surface area contributed by atoms with E-state index in [-0.39, 0.29) is 0 Å². The molecule has 2 nitrogen and oxygen atoms in total. The highest BCUT2D eigenvalue weighted by molar-refractivity contribution is 5.79. The topological polar surface area (TPSA) is 24.9 Å². The molecular weight excluding hydrogens is 184 g/mol. The second kappa shape index (κ2) is 4.30. The van der Waals surface area contributed by atoms with E-state index in [0.29, 0.717) is 5.92 Å². The fourth-order valence-corrected chi connectivity index (χ4v) is 1.47. The Labute approximate surface area is 90.3 Å².